The number of amides is 1. The van der Waals surface area contributed by atoms with Crippen LogP contribution in [-0.4, -0.2) is 55.5 Å². The molecule has 1 aromatic carbocycles. The number of carbonyl (C=O) groups excluding carboxylic acids is 1. The minimum Gasteiger partial charge on any atom is -0.484 e. The lowest BCUT2D eigenvalue weighted by Crippen LogP contribution is -2.29. The molecule has 5 heteroatoms. The first-order chi connectivity index (χ1) is 10.5. The van der Waals surface area contributed by atoms with Gasteiger partial charge in [0, 0.05) is 12.6 Å². The van der Waals surface area contributed by atoms with E-state index in [0.717, 1.165) is 19.6 Å². The number of benzene rings is 1. The van der Waals surface area contributed by atoms with E-state index in [-0.39, 0.29) is 6.61 Å². The standard InChI is InChI=1S/C17H27N3O2/c1-19(2)15-6-4-9-20(10-8-15)12-14-5-3-7-16(11-14)22-13-17(18)21/h3,5,7,11,15H,4,6,8-10,12-13H2,1-2H3,(H2,18,21)/t15-/m0/s1. The fourth-order valence-electron chi connectivity index (χ4n) is 2.96. The Kier molecular flexibility index (Phi) is 6.21. The molecule has 1 amide bonds. The summed E-state index contributed by atoms with van der Waals surface area (Å²) in [7, 11) is 4.33. The van der Waals surface area contributed by atoms with Crippen LogP contribution >= 0.6 is 0 Å². The highest BCUT2D eigenvalue weighted by Gasteiger charge is 2.18. The highest BCUT2D eigenvalue weighted by Crippen LogP contribution is 2.19. The Hall–Kier alpha value is -1.59. The van der Waals surface area contributed by atoms with Gasteiger partial charge in [0.25, 0.3) is 5.91 Å². The number of nitrogens with zero attached hydrogens (tertiary/aromatic N) is 2. The van der Waals surface area contributed by atoms with E-state index in [9.17, 15) is 4.79 Å². The third-order valence-corrected chi connectivity index (χ3v) is 4.21. The van der Waals surface area contributed by atoms with Crippen LogP contribution in [0.2, 0.25) is 0 Å². The van der Waals surface area contributed by atoms with E-state index in [2.05, 4.69) is 30.0 Å². The van der Waals surface area contributed by atoms with Gasteiger partial charge in [-0.15, -0.1) is 0 Å². The van der Waals surface area contributed by atoms with Crippen molar-refractivity contribution in [3.8, 4) is 5.75 Å². The average Bonchev–Trinajstić information content (AvgIpc) is 2.71. The summed E-state index contributed by atoms with van der Waals surface area (Å²) in [5.41, 5.74) is 6.32. The van der Waals surface area contributed by atoms with Gasteiger partial charge in [-0.05, 0) is 64.1 Å². The van der Waals surface area contributed by atoms with E-state index in [0.29, 0.717) is 11.8 Å². The molecule has 1 fully saturated rings. The molecule has 1 aromatic rings. The quantitative estimate of drug-likeness (QED) is 0.864. The van der Waals surface area contributed by atoms with Gasteiger partial charge >= 0.3 is 0 Å². The van der Waals surface area contributed by atoms with Crippen LogP contribution in [0.4, 0.5) is 0 Å². The first-order valence-corrected chi connectivity index (χ1v) is 7.93. The van der Waals surface area contributed by atoms with Crippen molar-refractivity contribution in [2.75, 3.05) is 33.8 Å². The Morgan fingerprint density at radius 1 is 1.36 bits per heavy atom. The molecule has 0 unspecified atom stereocenters. The third-order valence-electron chi connectivity index (χ3n) is 4.21. The van der Waals surface area contributed by atoms with Gasteiger partial charge in [0.2, 0.25) is 0 Å². The molecule has 0 saturated carbocycles. The number of hydrogen-bond donors (Lipinski definition) is 1. The number of likely N-dealkylation sites (tertiary alicyclic amines) is 1. The Morgan fingerprint density at radius 3 is 2.91 bits per heavy atom. The maximum absolute atomic E-state index is 10.8. The SMILES string of the molecule is CN(C)[C@H]1CCCN(Cc2cccc(OCC(N)=O)c2)CC1. The van der Waals surface area contributed by atoms with E-state index in [1.807, 2.05) is 18.2 Å². The molecule has 0 spiro atoms. The largest absolute Gasteiger partial charge is 0.484 e. The highest BCUT2D eigenvalue weighted by atomic mass is 16.5. The summed E-state index contributed by atoms with van der Waals surface area (Å²) in [6, 6.07) is 8.61. The summed E-state index contributed by atoms with van der Waals surface area (Å²) in [5.74, 6) is 0.255. The van der Waals surface area contributed by atoms with Gasteiger partial charge in [0.15, 0.2) is 6.61 Å². The van der Waals surface area contributed by atoms with Crippen LogP contribution in [0.25, 0.3) is 0 Å². The zero-order valence-electron chi connectivity index (χ0n) is 13.6. The number of hydrogen-bond acceptors (Lipinski definition) is 4. The molecule has 0 aromatic heterocycles. The van der Waals surface area contributed by atoms with Crippen molar-refractivity contribution < 1.29 is 9.53 Å². The van der Waals surface area contributed by atoms with Gasteiger partial charge in [-0.2, -0.15) is 0 Å². The molecule has 1 aliphatic heterocycles. The molecule has 0 bridgehead atoms. The minimum absolute atomic E-state index is 0.0717. The summed E-state index contributed by atoms with van der Waals surface area (Å²) < 4.78 is 5.37. The molecule has 2 N–H and O–H groups in total. The smallest absolute Gasteiger partial charge is 0.255 e. The van der Waals surface area contributed by atoms with Gasteiger partial charge in [0.1, 0.15) is 5.75 Å². The highest BCUT2D eigenvalue weighted by molar-refractivity contribution is 5.75. The van der Waals surface area contributed by atoms with E-state index in [1.54, 1.807) is 0 Å². The lowest BCUT2D eigenvalue weighted by atomic mass is 10.1. The van der Waals surface area contributed by atoms with E-state index in [4.69, 9.17) is 10.5 Å². The fourth-order valence-corrected chi connectivity index (χ4v) is 2.96. The van der Waals surface area contributed by atoms with Crippen LogP contribution in [0, 0.1) is 0 Å². The van der Waals surface area contributed by atoms with E-state index < -0.39 is 5.91 Å². The van der Waals surface area contributed by atoms with Crippen LogP contribution in [0.1, 0.15) is 24.8 Å². The average molecular weight is 305 g/mol. The molecule has 22 heavy (non-hydrogen) atoms. The molecule has 1 atom stereocenters. The Bertz CT molecular complexity index is 491. The summed E-state index contributed by atoms with van der Waals surface area (Å²) in [5, 5.41) is 0. The first kappa shape index (κ1) is 16.8. The molecule has 1 saturated heterocycles. The Labute approximate surface area is 133 Å². The number of carbonyl (C=O) groups is 1. The van der Waals surface area contributed by atoms with Gasteiger partial charge in [0.05, 0.1) is 0 Å². The molecule has 1 heterocycles. The van der Waals surface area contributed by atoms with Crippen molar-refractivity contribution in [3.63, 3.8) is 0 Å². The molecule has 1 aliphatic rings. The van der Waals surface area contributed by atoms with Crippen LogP contribution < -0.4 is 10.5 Å². The Morgan fingerprint density at radius 2 is 2.18 bits per heavy atom. The number of rotatable bonds is 6. The zero-order chi connectivity index (χ0) is 15.9. The number of primary amides is 1. The maximum Gasteiger partial charge on any atom is 0.255 e. The van der Waals surface area contributed by atoms with Crippen molar-refractivity contribution in [2.45, 2.75) is 31.8 Å². The molecule has 0 radical (unpaired) electrons. The summed E-state index contributed by atoms with van der Waals surface area (Å²) in [4.78, 5) is 15.6. The second-order valence-corrected chi connectivity index (χ2v) is 6.23. The summed E-state index contributed by atoms with van der Waals surface area (Å²) >= 11 is 0. The van der Waals surface area contributed by atoms with Crippen LogP contribution in [0.3, 0.4) is 0 Å². The predicted molar refractivity (Wildman–Crippen MR) is 87.7 cm³/mol. The summed E-state index contributed by atoms with van der Waals surface area (Å²) in [6.07, 6.45) is 3.72. The molecular formula is C17H27N3O2. The second kappa shape index (κ2) is 8.15. The van der Waals surface area contributed by atoms with Crippen LogP contribution in [-0.2, 0) is 11.3 Å². The van der Waals surface area contributed by atoms with Crippen molar-refractivity contribution in [3.05, 3.63) is 29.8 Å². The van der Waals surface area contributed by atoms with Crippen LogP contribution in [0.15, 0.2) is 24.3 Å². The predicted octanol–water partition coefficient (Wildman–Crippen LogP) is 1.47. The van der Waals surface area contributed by atoms with Gasteiger partial charge in [-0.3, -0.25) is 9.69 Å². The number of nitrogens with two attached hydrogens (primary N) is 1. The van der Waals surface area contributed by atoms with Crippen molar-refractivity contribution in [1.29, 1.82) is 0 Å². The molecule has 122 valence electrons. The van der Waals surface area contributed by atoms with E-state index in [1.165, 1.54) is 24.8 Å². The molecule has 0 aliphatic carbocycles. The fraction of sp³-hybridized carbons (Fsp3) is 0.588. The third kappa shape index (κ3) is 5.31. The monoisotopic (exact) mass is 305 g/mol. The van der Waals surface area contributed by atoms with Crippen molar-refractivity contribution in [1.82, 2.24) is 9.80 Å². The van der Waals surface area contributed by atoms with Gasteiger partial charge in [-0.25, -0.2) is 0 Å². The van der Waals surface area contributed by atoms with Gasteiger partial charge in [-0.1, -0.05) is 12.1 Å². The second-order valence-electron chi connectivity index (χ2n) is 6.23. The molecule has 2 rings (SSSR count). The maximum atomic E-state index is 10.8. The Balaban J connectivity index is 1.90. The lowest BCUT2D eigenvalue weighted by molar-refractivity contribution is -0.119. The van der Waals surface area contributed by atoms with Crippen molar-refractivity contribution in [2.24, 2.45) is 5.73 Å². The number of ether oxygens (including phenoxy) is 1. The lowest BCUT2D eigenvalue weighted by Gasteiger charge is -2.23. The van der Waals surface area contributed by atoms with E-state index >= 15 is 0 Å². The van der Waals surface area contributed by atoms with Crippen molar-refractivity contribution >= 4 is 5.91 Å². The molecule has 5 nitrogen and oxygen atoms in total. The van der Waals surface area contributed by atoms with Gasteiger partial charge < -0.3 is 15.4 Å². The minimum atomic E-state index is -0.451. The topological polar surface area (TPSA) is 58.8 Å². The molecular weight excluding hydrogens is 278 g/mol. The zero-order valence-corrected chi connectivity index (χ0v) is 13.6. The summed E-state index contributed by atoms with van der Waals surface area (Å²) in [6.45, 7) is 3.11. The van der Waals surface area contributed by atoms with Crippen LogP contribution in [0.5, 0.6) is 5.75 Å². The normalized spacial score (nSPS) is 19.9. The first-order valence-electron chi connectivity index (χ1n) is 7.93.